The van der Waals surface area contributed by atoms with Crippen molar-refractivity contribution in [3.05, 3.63) is 83.4 Å². The lowest BCUT2D eigenvalue weighted by Gasteiger charge is -2.21. The number of nitrogens with one attached hydrogen (secondary N) is 1. The second-order valence-electron chi connectivity index (χ2n) is 8.04. The summed E-state index contributed by atoms with van der Waals surface area (Å²) in [6, 6.07) is 15.4. The van der Waals surface area contributed by atoms with Gasteiger partial charge in [0.2, 0.25) is 5.28 Å². The molecule has 2 atom stereocenters. The van der Waals surface area contributed by atoms with Gasteiger partial charge in [0, 0.05) is 6.42 Å². The zero-order valence-corrected chi connectivity index (χ0v) is 19.5. The number of fused-ring (bicyclic) bond motifs is 1. The van der Waals surface area contributed by atoms with Gasteiger partial charge in [0.25, 0.3) is 0 Å². The molecule has 2 heterocycles. The largest absolute Gasteiger partial charge is 0.497 e. The second-order valence-corrected chi connectivity index (χ2v) is 8.38. The van der Waals surface area contributed by atoms with E-state index in [0.717, 1.165) is 22.6 Å². The van der Waals surface area contributed by atoms with Gasteiger partial charge in [-0.15, -0.1) is 0 Å². The van der Waals surface area contributed by atoms with Gasteiger partial charge in [0.15, 0.2) is 17.0 Å². The van der Waals surface area contributed by atoms with Crippen LogP contribution in [-0.4, -0.2) is 44.9 Å². The Bertz CT molecular complexity index is 1270. The topological polar surface area (TPSA) is 94.3 Å². The van der Waals surface area contributed by atoms with E-state index in [0.29, 0.717) is 23.4 Å². The van der Waals surface area contributed by atoms with Crippen LogP contribution in [0.15, 0.2) is 67.0 Å². The summed E-state index contributed by atoms with van der Waals surface area (Å²) in [5.74, 6) is 2.07. The van der Waals surface area contributed by atoms with Gasteiger partial charge in [-0.25, -0.2) is 4.98 Å². The number of aromatic nitrogens is 4. The van der Waals surface area contributed by atoms with Crippen molar-refractivity contribution in [1.29, 1.82) is 0 Å². The van der Waals surface area contributed by atoms with Crippen molar-refractivity contribution >= 4 is 28.6 Å². The lowest BCUT2D eigenvalue weighted by Crippen LogP contribution is -2.14. The molecule has 0 aliphatic heterocycles. The number of ether oxygens (including phenoxy) is 2. The molecule has 34 heavy (non-hydrogen) atoms. The Morgan fingerprint density at radius 3 is 2.12 bits per heavy atom. The summed E-state index contributed by atoms with van der Waals surface area (Å²) in [4.78, 5) is 13.5. The standard InChI is InChI=1S/C25H24ClN5O3/c1-33-19-9-3-15(4-10-19)21(16-5-11-20(34-2)12-6-16)28-23-22-24(30-25(26)29-23)31(14-27-22)17-7-8-18(32)13-17/h3-12,14,17-18,21,32H,13H2,1-2H3,(H,28,29,30)/t17-,18+/m0/s1. The smallest absolute Gasteiger partial charge is 0.226 e. The molecular weight excluding hydrogens is 454 g/mol. The molecule has 4 aromatic rings. The minimum atomic E-state index is -0.480. The number of methoxy groups -OCH3 is 2. The fourth-order valence-corrected chi connectivity index (χ4v) is 4.35. The van der Waals surface area contributed by atoms with E-state index in [-0.39, 0.29) is 17.4 Å². The van der Waals surface area contributed by atoms with Crippen molar-refractivity contribution in [2.45, 2.75) is 24.6 Å². The summed E-state index contributed by atoms with van der Waals surface area (Å²) in [6.07, 6.45) is 5.53. The van der Waals surface area contributed by atoms with Crippen LogP contribution in [0.1, 0.15) is 29.6 Å². The van der Waals surface area contributed by atoms with Gasteiger partial charge in [0.05, 0.1) is 38.7 Å². The number of anilines is 1. The number of aliphatic hydroxyl groups excluding tert-OH is 1. The summed E-state index contributed by atoms with van der Waals surface area (Å²) in [5.41, 5.74) is 3.23. The molecule has 9 heteroatoms. The molecule has 0 unspecified atom stereocenters. The van der Waals surface area contributed by atoms with Crippen LogP contribution in [0.3, 0.4) is 0 Å². The molecule has 0 fully saturated rings. The van der Waals surface area contributed by atoms with Crippen molar-refractivity contribution in [3.63, 3.8) is 0 Å². The molecule has 174 valence electrons. The number of imidazole rings is 1. The first-order valence-corrected chi connectivity index (χ1v) is 11.2. The number of hydrogen-bond donors (Lipinski definition) is 2. The lowest BCUT2D eigenvalue weighted by atomic mass is 9.98. The summed E-state index contributed by atoms with van der Waals surface area (Å²) >= 11 is 6.34. The molecule has 0 saturated carbocycles. The number of aliphatic hydroxyl groups is 1. The van der Waals surface area contributed by atoms with Crippen LogP contribution in [0, 0.1) is 0 Å². The van der Waals surface area contributed by atoms with E-state index in [1.165, 1.54) is 0 Å². The third-order valence-corrected chi connectivity index (χ3v) is 6.14. The molecule has 0 bridgehead atoms. The minimum Gasteiger partial charge on any atom is -0.497 e. The average molecular weight is 478 g/mol. The molecule has 5 rings (SSSR count). The van der Waals surface area contributed by atoms with Crippen molar-refractivity contribution < 1.29 is 14.6 Å². The molecule has 2 aromatic carbocycles. The summed E-state index contributed by atoms with van der Waals surface area (Å²) < 4.78 is 12.6. The van der Waals surface area contributed by atoms with Gasteiger partial charge in [-0.2, -0.15) is 9.97 Å². The average Bonchev–Trinajstić information content (AvgIpc) is 3.48. The fraction of sp³-hybridized carbons (Fsp3) is 0.240. The molecule has 1 aliphatic carbocycles. The Morgan fingerprint density at radius 2 is 1.59 bits per heavy atom. The number of hydrogen-bond acceptors (Lipinski definition) is 7. The lowest BCUT2D eigenvalue weighted by molar-refractivity contribution is 0.211. The summed E-state index contributed by atoms with van der Waals surface area (Å²) in [7, 11) is 3.28. The molecule has 0 amide bonds. The number of benzene rings is 2. The number of rotatable bonds is 7. The van der Waals surface area contributed by atoms with E-state index in [1.807, 2.05) is 59.2 Å². The van der Waals surface area contributed by atoms with Crippen molar-refractivity contribution in [2.75, 3.05) is 19.5 Å². The Balaban J connectivity index is 1.56. The predicted octanol–water partition coefficient (Wildman–Crippen LogP) is 4.56. The molecular formula is C25H24ClN5O3. The zero-order chi connectivity index (χ0) is 23.7. The Hall–Kier alpha value is -3.62. The van der Waals surface area contributed by atoms with Gasteiger partial charge in [-0.05, 0) is 47.0 Å². The number of allylic oxidation sites excluding steroid dienone is 1. The fourth-order valence-electron chi connectivity index (χ4n) is 4.19. The van der Waals surface area contributed by atoms with E-state index in [4.69, 9.17) is 21.1 Å². The van der Waals surface area contributed by atoms with Crippen LogP contribution in [0.2, 0.25) is 5.28 Å². The minimum absolute atomic E-state index is 0.0437. The van der Waals surface area contributed by atoms with Crippen molar-refractivity contribution in [2.24, 2.45) is 0 Å². The van der Waals surface area contributed by atoms with E-state index in [1.54, 1.807) is 26.6 Å². The van der Waals surface area contributed by atoms with Gasteiger partial charge < -0.3 is 24.5 Å². The maximum Gasteiger partial charge on any atom is 0.226 e. The molecule has 2 N–H and O–H groups in total. The van der Waals surface area contributed by atoms with Gasteiger partial charge in [-0.1, -0.05) is 36.4 Å². The van der Waals surface area contributed by atoms with Crippen LogP contribution in [0.5, 0.6) is 11.5 Å². The molecule has 0 spiro atoms. The summed E-state index contributed by atoms with van der Waals surface area (Å²) in [6.45, 7) is 0. The van der Waals surface area contributed by atoms with Crippen LogP contribution < -0.4 is 14.8 Å². The zero-order valence-electron chi connectivity index (χ0n) is 18.7. The van der Waals surface area contributed by atoms with E-state index in [2.05, 4.69) is 20.3 Å². The normalized spacial score (nSPS) is 17.4. The molecule has 0 radical (unpaired) electrons. The molecule has 1 aliphatic rings. The van der Waals surface area contributed by atoms with E-state index < -0.39 is 6.10 Å². The van der Waals surface area contributed by atoms with E-state index >= 15 is 0 Å². The predicted molar refractivity (Wildman–Crippen MR) is 131 cm³/mol. The monoisotopic (exact) mass is 477 g/mol. The quantitative estimate of drug-likeness (QED) is 0.297. The van der Waals surface area contributed by atoms with Crippen LogP contribution in [0.4, 0.5) is 5.82 Å². The highest BCUT2D eigenvalue weighted by Gasteiger charge is 2.24. The number of nitrogens with zero attached hydrogens (tertiary/aromatic N) is 4. The van der Waals surface area contributed by atoms with Crippen LogP contribution in [-0.2, 0) is 0 Å². The third kappa shape index (κ3) is 4.30. The first-order chi connectivity index (χ1) is 16.6. The third-order valence-electron chi connectivity index (χ3n) is 5.97. The summed E-state index contributed by atoms with van der Waals surface area (Å²) in [5, 5.41) is 13.6. The SMILES string of the molecule is COc1ccc(C(Nc2nc(Cl)nc3c2ncn3[C@H]2C=C[C@@H](O)C2)c2ccc(OC)cc2)cc1. The van der Waals surface area contributed by atoms with Crippen molar-refractivity contribution in [1.82, 2.24) is 19.5 Å². The highest BCUT2D eigenvalue weighted by Crippen LogP contribution is 2.33. The molecule has 8 nitrogen and oxygen atoms in total. The van der Waals surface area contributed by atoms with Crippen LogP contribution in [0.25, 0.3) is 11.2 Å². The van der Waals surface area contributed by atoms with Crippen LogP contribution >= 0.6 is 11.6 Å². The van der Waals surface area contributed by atoms with Gasteiger partial charge >= 0.3 is 0 Å². The second kappa shape index (κ2) is 9.32. The van der Waals surface area contributed by atoms with Gasteiger partial charge in [0.1, 0.15) is 11.5 Å². The Morgan fingerprint density at radius 1 is 0.971 bits per heavy atom. The Labute approximate surface area is 201 Å². The first-order valence-electron chi connectivity index (χ1n) is 10.9. The highest BCUT2D eigenvalue weighted by atomic mass is 35.5. The maximum absolute atomic E-state index is 9.92. The maximum atomic E-state index is 9.92. The molecule has 0 saturated heterocycles. The number of halogens is 1. The van der Waals surface area contributed by atoms with E-state index in [9.17, 15) is 5.11 Å². The highest BCUT2D eigenvalue weighted by molar-refractivity contribution is 6.28. The Kier molecular flexibility index (Phi) is 6.08. The van der Waals surface area contributed by atoms with Crippen molar-refractivity contribution in [3.8, 4) is 11.5 Å². The van der Waals surface area contributed by atoms with Gasteiger partial charge in [-0.3, -0.25) is 0 Å². The molecule has 2 aromatic heterocycles. The first kappa shape index (κ1) is 22.2.